The highest BCUT2D eigenvalue weighted by atomic mass is 15.6. The molecule has 0 spiro atoms. The number of rotatable bonds is 2. The molecule has 3 rings (SSSR count). The van der Waals surface area contributed by atoms with E-state index in [4.69, 9.17) is 0 Å². The van der Waals surface area contributed by atoms with E-state index in [1.54, 1.807) is 5.01 Å². The van der Waals surface area contributed by atoms with Gasteiger partial charge < -0.3 is 0 Å². The monoisotopic (exact) mass is 235 g/mol. The van der Waals surface area contributed by atoms with Gasteiger partial charge in [0, 0.05) is 18.3 Å². The molecule has 2 radical (unpaired) electrons. The number of benzene rings is 2. The van der Waals surface area contributed by atoms with Crippen molar-refractivity contribution in [3.8, 4) is 0 Å². The number of hydrogen-bond donors (Lipinski definition) is 0. The fourth-order valence-electron chi connectivity index (χ4n) is 1.93. The van der Waals surface area contributed by atoms with E-state index in [1.165, 1.54) is 0 Å². The van der Waals surface area contributed by atoms with Crippen LogP contribution in [0.1, 0.15) is 5.56 Å². The van der Waals surface area contributed by atoms with E-state index in [0.717, 1.165) is 17.1 Å². The summed E-state index contributed by atoms with van der Waals surface area (Å²) in [7, 11) is 1.88. The molecule has 0 atom stereocenters. The maximum absolute atomic E-state index is 4.48. The molecule has 0 fully saturated rings. The standard InChI is InChI=1S/C15H13N3/c1-17-12-18(14-10-6-3-7-11-14)15(16-17)13-8-4-2-5-9-13/h2-11H,1H3. The van der Waals surface area contributed by atoms with Crippen LogP contribution in [0.25, 0.3) is 0 Å². The highest BCUT2D eigenvalue weighted by Gasteiger charge is 2.24. The smallest absolute Gasteiger partial charge is 0.232 e. The van der Waals surface area contributed by atoms with Gasteiger partial charge in [-0.2, -0.15) is 5.10 Å². The van der Waals surface area contributed by atoms with Crippen LogP contribution in [0.5, 0.6) is 0 Å². The Morgan fingerprint density at radius 1 is 0.889 bits per heavy atom. The molecule has 3 nitrogen and oxygen atoms in total. The summed E-state index contributed by atoms with van der Waals surface area (Å²) in [6.07, 6.45) is 0. The molecular formula is C15H13N3. The van der Waals surface area contributed by atoms with Crippen LogP contribution in [0, 0.1) is 6.67 Å². The van der Waals surface area contributed by atoms with Gasteiger partial charge in [-0.05, 0) is 12.1 Å². The summed E-state index contributed by atoms with van der Waals surface area (Å²) in [6, 6.07) is 20.3. The third-order valence-electron chi connectivity index (χ3n) is 2.75. The second kappa shape index (κ2) is 4.53. The van der Waals surface area contributed by atoms with Crippen LogP contribution in [0.3, 0.4) is 0 Å². The van der Waals surface area contributed by atoms with Gasteiger partial charge in [0.05, 0.1) is 0 Å². The van der Waals surface area contributed by atoms with E-state index in [0.29, 0.717) is 0 Å². The minimum Gasteiger partial charge on any atom is -0.291 e. The van der Waals surface area contributed by atoms with E-state index in [9.17, 15) is 0 Å². The Labute approximate surface area is 107 Å². The topological polar surface area (TPSA) is 18.8 Å². The number of hydrogen-bond acceptors (Lipinski definition) is 3. The Bertz CT molecular complexity index is 548. The molecule has 1 aliphatic heterocycles. The fourth-order valence-corrected chi connectivity index (χ4v) is 1.93. The van der Waals surface area contributed by atoms with Gasteiger partial charge >= 0.3 is 0 Å². The van der Waals surface area contributed by atoms with Crippen molar-refractivity contribution in [2.75, 3.05) is 11.9 Å². The van der Waals surface area contributed by atoms with Crippen molar-refractivity contribution in [1.82, 2.24) is 5.01 Å². The Balaban J connectivity index is 1.99. The van der Waals surface area contributed by atoms with Crippen molar-refractivity contribution in [3.05, 3.63) is 72.9 Å². The number of anilines is 1. The van der Waals surface area contributed by atoms with E-state index in [1.807, 2.05) is 60.5 Å². The van der Waals surface area contributed by atoms with Gasteiger partial charge in [-0.1, -0.05) is 48.5 Å². The largest absolute Gasteiger partial charge is 0.291 e. The number of hydrazone groups is 1. The molecule has 0 saturated carbocycles. The molecule has 0 bridgehead atoms. The molecule has 0 amide bonds. The first kappa shape index (κ1) is 10.8. The Kier molecular flexibility index (Phi) is 2.73. The van der Waals surface area contributed by atoms with Crippen LogP contribution in [0.4, 0.5) is 5.69 Å². The summed E-state index contributed by atoms with van der Waals surface area (Å²) in [5.74, 6) is 0.893. The van der Waals surface area contributed by atoms with Crippen LogP contribution in [-0.2, 0) is 0 Å². The maximum atomic E-state index is 4.48. The minimum absolute atomic E-state index is 0.893. The second-order valence-electron chi connectivity index (χ2n) is 4.08. The lowest BCUT2D eigenvalue weighted by Gasteiger charge is -2.18. The lowest BCUT2D eigenvalue weighted by atomic mass is 10.2. The molecule has 1 aliphatic rings. The first-order chi connectivity index (χ1) is 8.84. The van der Waals surface area contributed by atoms with Crippen molar-refractivity contribution in [1.29, 1.82) is 0 Å². The van der Waals surface area contributed by atoms with Crippen LogP contribution in [0.2, 0.25) is 0 Å². The first-order valence-corrected chi connectivity index (χ1v) is 5.84. The molecule has 2 aromatic rings. The zero-order valence-electron chi connectivity index (χ0n) is 10.1. The van der Waals surface area contributed by atoms with E-state index >= 15 is 0 Å². The van der Waals surface area contributed by atoms with Gasteiger partial charge in [-0.3, -0.25) is 9.91 Å². The predicted molar refractivity (Wildman–Crippen MR) is 72.9 cm³/mol. The Morgan fingerprint density at radius 2 is 1.50 bits per heavy atom. The van der Waals surface area contributed by atoms with E-state index in [2.05, 4.69) is 23.9 Å². The number of nitrogens with zero attached hydrogens (tertiary/aromatic N) is 3. The van der Waals surface area contributed by atoms with Crippen molar-refractivity contribution in [2.45, 2.75) is 0 Å². The fraction of sp³-hybridized carbons (Fsp3) is 0.0667. The van der Waals surface area contributed by atoms with Gasteiger partial charge in [0.1, 0.15) is 0 Å². The van der Waals surface area contributed by atoms with Crippen LogP contribution >= 0.6 is 0 Å². The first-order valence-electron chi connectivity index (χ1n) is 5.84. The summed E-state index contributed by atoms with van der Waals surface area (Å²) in [5.41, 5.74) is 2.14. The Hall–Kier alpha value is -2.29. The summed E-state index contributed by atoms with van der Waals surface area (Å²) in [4.78, 5) is 1.97. The van der Waals surface area contributed by atoms with Gasteiger partial charge in [0.15, 0.2) is 5.84 Å². The van der Waals surface area contributed by atoms with Gasteiger partial charge in [0.2, 0.25) is 6.67 Å². The minimum atomic E-state index is 0.893. The molecule has 0 unspecified atom stereocenters. The van der Waals surface area contributed by atoms with Crippen molar-refractivity contribution < 1.29 is 0 Å². The highest BCUT2D eigenvalue weighted by molar-refractivity contribution is 6.11. The predicted octanol–water partition coefficient (Wildman–Crippen LogP) is 2.80. The molecule has 18 heavy (non-hydrogen) atoms. The molecule has 0 aliphatic carbocycles. The molecule has 2 aromatic carbocycles. The summed E-state index contributed by atoms with van der Waals surface area (Å²) < 4.78 is 0. The highest BCUT2D eigenvalue weighted by Crippen LogP contribution is 2.24. The number of para-hydroxylation sites is 1. The van der Waals surface area contributed by atoms with Crippen LogP contribution in [-0.4, -0.2) is 17.9 Å². The molecule has 88 valence electrons. The van der Waals surface area contributed by atoms with E-state index < -0.39 is 0 Å². The third kappa shape index (κ3) is 1.95. The maximum Gasteiger partial charge on any atom is 0.232 e. The van der Waals surface area contributed by atoms with Crippen LogP contribution in [0.15, 0.2) is 65.8 Å². The molecule has 0 saturated heterocycles. The normalized spacial score (nSPS) is 14.8. The third-order valence-corrected chi connectivity index (χ3v) is 2.75. The quantitative estimate of drug-likeness (QED) is 0.797. The molecule has 0 aromatic heterocycles. The molecule has 1 heterocycles. The second-order valence-corrected chi connectivity index (χ2v) is 4.08. The molecule has 0 N–H and O–H groups in total. The van der Waals surface area contributed by atoms with Crippen molar-refractivity contribution in [2.24, 2.45) is 5.10 Å². The molecular weight excluding hydrogens is 222 g/mol. The zero-order chi connectivity index (χ0) is 12.4. The van der Waals surface area contributed by atoms with E-state index in [-0.39, 0.29) is 0 Å². The molecule has 3 heteroatoms. The van der Waals surface area contributed by atoms with Gasteiger partial charge in [0.25, 0.3) is 0 Å². The number of amidine groups is 1. The Morgan fingerprint density at radius 3 is 2.17 bits per heavy atom. The van der Waals surface area contributed by atoms with Crippen molar-refractivity contribution >= 4 is 11.5 Å². The lowest BCUT2D eigenvalue weighted by Crippen LogP contribution is -2.25. The average Bonchev–Trinajstić information content (AvgIpc) is 2.83. The summed E-state index contributed by atoms with van der Waals surface area (Å²) in [5, 5.41) is 6.19. The van der Waals surface area contributed by atoms with Crippen LogP contribution < -0.4 is 4.90 Å². The lowest BCUT2D eigenvalue weighted by molar-refractivity contribution is 0.456. The average molecular weight is 235 g/mol. The summed E-state index contributed by atoms with van der Waals surface area (Å²) in [6.45, 7) is 3.18. The SMILES string of the molecule is CN1[C]N(c2ccccc2)C(c2ccccc2)=N1. The zero-order valence-corrected chi connectivity index (χ0v) is 10.1. The van der Waals surface area contributed by atoms with Crippen molar-refractivity contribution in [3.63, 3.8) is 0 Å². The summed E-state index contributed by atoms with van der Waals surface area (Å²) >= 11 is 0. The van der Waals surface area contributed by atoms with Gasteiger partial charge in [-0.25, -0.2) is 0 Å². The van der Waals surface area contributed by atoms with Gasteiger partial charge in [-0.15, -0.1) is 0 Å².